The number of nitrogens with one attached hydrogen (secondary N) is 1. The molecule has 1 atom stereocenters. The van der Waals surface area contributed by atoms with Crippen LogP contribution in [0.15, 0.2) is 41.8 Å². The molecule has 2 aromatic heterocycles. The third kappa shape index (κ3) is 3.98. The van der Waals surface area contributed by atoms with Crippen LogP contribution in [0.3, 0.4) is 0 Å². The van der Waals surface area contributed by atoms with Gasteiger partial charge < -0.3 is 10.2 Å². The van der Waals surface area contributed by atoms with Gasteiger partial charge in [-0.3, -0.25) is 9.59 Å². The topological polar surface area (TPSA) is 75.2 Å². The fourth-order valence-corrected chi connectivity index (χ4v) is 4.72. The molecular weight excluding hydrogens is 392 g/mol. The first kappa shape index (κ1) is 18.8. The van der Waals surface area contributed by atoms with Crippen molar-refractivity contribution in [2.24, 2.45) is 0 Å². The summed E-state index contributed by atoms with van der Waals surface area (Å²) in [6.45, 7) is 2.52. The first-order valence-electron chi connectivity index (χ1n) is 9.18. The molecule has 144 valence electrons. The number of aryl methyl sites for hydroxylation is 1. The summed E-state index contributed by atoms with van der Waals surface area (Å²) in [6, 6.07) is 10.8. The summed E-state index contributed by atoms with van der Waals surface area (Å²) in [5.41, 5.74) is 1.61. The first-order chi connectivity index (χ1) is 13.6. The Balaban J connectivity index is 1.51. The predicted octanol–water partition coefficient (Wildman–Crippen LogP) is 4.21. The lowest BCUT2D eigenvalue weighted by atomic mass is 10.0. The average Bonchev–Trinajstić information content (AvgIpc) is 3.39. The molecule has 1 aliphatic rings. The second kappa shape index (κ2) is 8.20. The third-order valence-electron chi connectivity index (χ3n) is 4.70. The zero-order chi connectivity index (χ0) is 19.5. The Morgan fingerprint density at radius 2 is 2.07 bits per heavy atom. The van der Waals surface area contributed by atoms with Crippen molar-refractivity contribution in [2.75, 3.05) is 11.9 Å². The maximum atomic E-state index is 13.0. The molecule has 2 amide bonds. The van der Waals surface area contributed by atoms with Crippen molar-refractivity contribution >= 4 is 40.2 Å². The lowest BCUT2D eigenvalue weighted by molar-refractivity contribution is -0.121. The van der Waals surface area contributed by atoms with E-state index in [9.17, 15) is 9.59 Å². The van der Waals surface area contributed by atoms with Gasteiger partial charge in [0.25, 0.3) is 5.91 Å². The molecule has 1 saturated heterocycles. The number of hydrogen-bond acceptors (Lipinski definition) is 6. The second-order valence-corrected chi connectivity index (χ2v) is 8.81. The van der Waals surface area contributed by atoms with E-state index in [1.54, 1.807) is 4.90 Å². The van der Waals surface area contributed by atoms with Crippen molar-refractivity contribution in [3.8, 4) is 10.6 Å². The minimum atomic E-state index is -0.448. The number of thiophene rings is 1. The number of likely N-dealkylation sites (tertiary alicyclic amines) is 1. The second-order valence-electron chi connectivity index (χ2n) is 6.68. The fraction of sp³-hybridized carbons (Fsp3) is 0.300. The van der Waals surface area contributed by atoms with Crippen LogP contribution in [-0.2, 0) is 4.79 Å². The van der Waals surface area contributed by atoms with Gasteiger partial charge in [0.05, 0.1) is 4.88 Å². The van der Waals surface area contributed by atoms with Gasteiger partial charge in [-0.05, 0) is 49.8 Å². The molecule has 1 fully saturated rings. The Labute approximate surface area is 171 Å². The molecule has 0 radical (unpaired) electrons. The Hall–Kier alpha value is -2.58. The molecule has 1 aliphatic heterocycles. The quantitative estimate of drug-likeness (QED) is 0.697. The van der Waals surface area contributed by atoms with Gasteiger partial charge in [-0.1, -0.05) is 29.5 Å². The molecule has 1 N–H and O–H groups in total. The maximum Gasteiger partial charge on any atom is 0.264 e. The minimum absolute atomic E-state index is 0.0621. The lowest BCUT2D eigenvalue weighted by Gasteiger charge is -2.34. The van der Waals surface area contributed by atoms with Crippen LogP contribution in [-0.4, -0.2) is 39.5 Å². The van der Waals surface area contributed by atoms with Crippen LogP contribution >= 0.6 is 22.7 Å². The summed E-state index contributed by atoms with van der Waals surface area (Å²) in [4.78, 5) is 28.2. The van der Waals surface area contributed by atoms with E-state index in [2.05, 4.69) is 15.5 Å². The summed E-state index contributed by atoms with van der Waals surface area (Å²) in [5.74, 6) is -0.205. The standard InChI is InChI=1S/C20H20N4O2S2/c1-13-22-23-19(28-13)14-6-4-7-15(12-14)21-18(25)16-8-2-3-10-24(16)20(26)17-9-5-11-27-17/h4-7,9,11-12,16H,2-3,8,10H2,1H3,(H,21,25)/t16-/m0/s1. The van der Waals surface area contributed by atoms with Gasteiger partial charge in [-0.15, -0.1) is 21.5 Å². The van der Waals surface area contributed by atoms with E-state index < -0.39 is 6.04 Å². The van der Waals surface area contributed by atoms with Crippen LogP contribution in [0, 0.1) is 6.92 Å². The Kier molecular flexibility index (Phi) is 5.50. The van der Waals surface area contributed by atoms with Gasteiger partial charge in [0, 0.05) is 17.8 Å². The van der Waals surface area contributed by atoms with E-state index in [0.29, 0.717) is 23.5 Å². The van der Waals surface area contributed by atoms with Crippen molar-refractivity contribution in [3.63, 3.8) is 0 Å². The van der Waals surface area contributed by atoms with Crippen LogP contribution in [0.2, 0.25) is 0 Å². The molecule has 8 heteroatoms. The summed E-state index contributed by atoms with van der Waals surface area (Å²) >= 11 is 2.92. The number of piperidine rings is 1. The lowest BCUT2D eigenvalue weighted by Crippen LogP contribution is -2.49. The monoisotopic (exact) mass is 412 g/mol. The number of carbonyl (C=O) groups excluding carboxylic acids is 2. The molecule has 3 heterocycles. The molecule has 0 bridgehead atoms. The minimum Gasteiger partial charge on any atom is -0.326 e. The number of rotatable bonds is 4. The summed E-state index contributed by atoms with van der Waals surface area (Å²) in [5, 5.41) is 14.8. The molecule has 1 aromatic carbocycles. The molecule has 3 aromatic rings. The van der Waals surface area contributed by atoms with Gasteiger partial charge in [0.1, 0.15) is 16.1 Å². The molecule has 0 aliphatic carbocycles. The summed E-state index contributed by atoms with van der Waals surface area (Å²) < 4.78 is 0. The highest BCUT2D eigenvalue weighted by Crippen LogP contribution is 2.27. The van der Waals surface area contributed by atoms with Crippen molar-refractivity contribution in [3.05, 3.63) is 51.7 Å². The van der Waals surface area contributed by atoms with E-state index in [1.165, 1.54) is 22.7 Å². The van der Waals surface area contributed by atoms with Gasteiger partial charge in [0.2, 0.25) is 5.91 Å². The normalized spacial score (nSPS) is 16.8. The SMILES string of the molecule is Cc1nnc(-c2cccc(NC(=O)[C@@H]3CCCCN3C(=O)c3cccs3)c2)s1. The third-order valence-corrected chi connectivity index (χ3v) is 6.45. The molecular formula is C20H20N4O2S2. The number of hydrogen-bond donors (Lipinski definition) is 1. The van der Waals surface area contributed by atoms with Gasteiger partial charge in [0.15, 0.2) is 0 Å². The van der Waals surface area contributed by atoms with Crippen LogP contribution in [0.4, 0.5) is 5.69 Å². The highest BCUT2D eigenvalue weighted by Gasteiger charge is 2.33. The molecule has 0 spiro atoms. The Morgan fingerprint density at radius 3 is 2.82 bits per heavy atom. The number of carbonyl (C=O) groups is 2. The predicted molar refractivity (Wildman–Crippen MR) is 112 cm³/mol. The highest BCUT2D eigenvalue weighted by molar-refractivity contribution is 7.14. The van der Waals surface area contributed by atoms with Crippen molar-refractivity contribution < 1.29 is 9.59 Å². The van der Waals surface area contributed by atoms with Crippen LogP contribution in [0.25, 0.3) is 10.6 Å². The Morgan fingerprint density at radius 1 is 1.18 bits per heavy atom. The number of benzene rings is 1. The number of nitrogens with zero attached hydrogens (tertiary/aromatic N) is 3. The largest absolute Gasteiger partial charge is 0.326 e. The molecule has 28 heavy (non-hydrogen) atoms. The Bertz CT molecular complexity index is 984. The highest BCUT2D eigenvalue weighted by atomic mass is 32.1. The number of amides is 2. The van der Waals surface area contributed by atoms with Crippen LogP contribution in [0.5, 0.6) is 0 Å². The van der Waals surface area contributed by atoms with Gasteiger partial charge in [-0.2, -0.15) is 0 Å². The van der Waals surface area contributed by atoms with E-state index in [-0.39, 0.29) is 11.8 Å². The van der Waals surface area contributed by atoms with E-state index >= 15 is 0 Å². The van der Waals surface area contributed by atoms with Crippen molar-refractivity contribution in [2.45, 2.75) is 32.2 Å². The molecule has 6 nitrogen and oxygen atoms in total. The first-order valence-corrected chi connectivity index (χ1v) is 10.9. The number of aromatic nitrogens is 2. The maximum absolute atomic E-state index is 13.0. The van der Waals surface area contributed by atoms with Crippen molar-refractivity contribution in [1.29, 1.82) is 0 Å². The summed E-state index contributed by atoms with van der Waals surface area (Å²) in [7, 11) is 0. The van der Waals surface area contributed by atoms with E-state index in [4.69, 9.17) is 0 Å². The van der Waals surface area contributed by atoms with Crippen LogP contribution < -0.4 is 5.32 Å². The summed E-state index contributed by atoms with van der Waals surface area (Å²) in [6.07, 6.45) is 2.54. The molecule has 0 unspecified atom stereocenters. The average molecular weight is 413 g/mol. The van der Waals surface area contributed by atoms with E-state index in [1.807, 2.05) is 48.7 Å². The zero-order valence-electron chi connectivity index (χ0n) is 15.4. The number of anilines is 1. The van der Waals surface area contributed by atoms with E-state index in [0.717, 1.165) is 28.4 Å². The smallest absolute Gasteiger partial charge is 0.264 e. The molecule has 0 saturated carbocycles. The zero-order valence-corrected chi connectivity index (χ0v) is 17.1. The van der Waals surface area contributed by atoms with Crippen molar-refractivity contribution in [1.82, 2.24) is 15.1 Å². The molecule has 4 rings (SSSR count). The van der Waals surface area contributed by atoms with Gasteiger partial charge >= 0.3 is 0 Å². The van der Waals surface area contributed by atoms with Gasteiger partial charge in [-0.25, -0.2) is 0 Å². The fourth-order valence-electron chi connectivity index (χ4n) is 3.36. The van der Waals surface area contributed by atoms with Crippen LogP contribution in [0.1, 0.15) is 33.9 Å².